The molecular weight excluding hydrogens is 374 g/mol. The molecule has 0 aromatic carbocycles. The first kappa shape index (κ1) is 22.2. The van der Waals surface area contributed by atoms with Crippen molar-refractivity contribution in [1.29, 1.82) is 0 Å². The third-order valence-electron chi connectivity index (χ3n) is 4.55. The quantitative estimate of drug-likeness (QED) is 0.153. The molecule has 2 fully saturated rings. The van der Waals surface area contributed by atoms with Gasteiger partial charge in [0.15, 0.2) is 12.6 Å². The van der Waals surface area contributed by atoms with Crippen molar-refractivity contribution in [3.8, 4) is 0 Å². The van der Waals surface area contributed by atoms with Crippen molar-refractivity contribution in [2.75, 3.05) is 26.2 Å². The molecule has 2 heterocycles. The van der Waals surface area contributed by atoms with Crippen LogP contribution < -0.4 is 5.32 Å². The maximum atomic E-state index is 10.3. The number of hydrogen-bond donors (Lipinski definition) is 8. The molecule has 2 aliphatic heterocycles. The molecule has 10 unspecified atom stereocenters. The number of rotatable bonds is 7. The molecule has 0 aliphatic carbocycles. The highest BCUT2D eigenvalue weighted by Gasteiger charge is 2.50. The summed E-state index contributed by atoms with van der Waals surface area (Å²) < 4.78 is 21.5. The molecule has 2 aliphatic rings. The minimum atomic E-state index is -1.42. The molecule has 12 heteroatoms. The average molecular weight is 401 g/mol. The van der Waals surface area contributed by atoms with Gasteiger partial charge in [0, 0.05) is 12.9 Å². The van der Waals surface area contributed by atoms with Crippen LogP contribution in [0, 0.1) is 0 Å². The Labute approximate surface area is 155 Å². The van der Waals surface area contributed by atoms with Gasteiger partial charge in [0.05, 0.1) is 25.5 Å². The number of hydrogen-bond acceptors (Lipinski definition) is 12. The second-order valence-corrected chi connectivity index (χ2v) is 6.50. The van der Waals surface area contributed by atoms with Crippen LogP contribution in [0.4, 0.5) is 0 Å². The lowest BCUT2D eigenvalue weighted by atomic mass is 9.96. The summed E-state index contributed by atoms with van der Waals surface area (Å²) in [4.78, 5) is 0. The molecular formula is C14H27NO10S. The Bertz CT molecular complexity index is 419. The van der Waals surface area contributed by atoms with Gasteiger partial charge in [-0.15, -0.1) is 0 Å². The maximum absolute atomic E-state index is 10.3. The lowest BCUT2D eigenvalue weighted by Gasteiger charge is -2.47. The first-order valence-electron chi connectivity index (χ1n) is 8.17. The predicted octanol–water partition coefficient (Wildman–Crippen LogP) is -4.26. The van der Waals surface area contributed by atoms with Crippen molar-refractivity contribution in [3.63, 3.8) is 0 Å². The molecule has 2 saturated heterocycles. The van der Waals surface area contributed by atoms with Crippen LogP contribution >= 0.6 is 12.6 Å². The van der Waals surface area contributed by atoms with Crippen LogP contribution in [0.3, 0.4) is 0 Å². The van der Waals surface area contributed by atoms with E-state index in [1.807, 2.05) is 0 Å². The summed E-state index contributed by atoms with van der Waals surface area (Å²) in [5.41, 5.74) is 0. The molecule has 0 bridgehead atoms. The molecule has 10 atom stereocenters. The van der Waals surface area contributed by atoms with Crippen LogP contribution in [0.1, 0.15) is 0 Å². The van der Waals surface area contributed by atoms with Gasteiger partial charge in [-0.05, 0) is 0 Å². The number of aliphatic hydroxyl groups is 6. The topological polar surface area (TPSA) is 170 Å². The van der Waals surface area contributed by atoms with Gasteiger partial charge in [0.2, 0.25) is 0 Å². The van der Waals surface area contributed by atoms with Crippen LogP contribution in [0.25, 0.3) is 0 Å². The minimum Gasteiger partial charge on any atom is -0.394 e. The second kappa shape index (κ2) is 9.91. The van der Waals surface area contributed by atoms with E-state index < -0.39 is 74.7 Å². The smallest absolute Gasteiger partial charge is 0.186 e. The number of aliphatic hydroxyl groups excluding tert-OH is 6. The molecule has 11 nitrogen and oxygen atoms in total. The fourth-order valence-corrected chi connectivity index (χ4v) is 3.39. The normalized spacial score (nSPS) is 47.1. The van der Waals surface area contributed by atoms with E-state index in [0.717, 1.165) is 0 Å². The van der Waals surface area contributed by atoms with Crippen molar-refractivity contribution in [3.05, 3.63) is 0 Å². The average Bonchev–Trinajstić information content (AvgIpc) is 2.64. The lowest BCUT2D eigenvalue weighted by Crippen LogP contribution is -2.67. The van der Waals surface area contributed by atoms with E-state index in [1.54, 1.807) is 0 Å². The first-order valence-corrected chi connectivity index (χ1v) is 8.80. The fraction of sp³-hybridized carbons (Fsp3) is 1.00. The van der Waals surface area contributed by atoms with Crippen LogP contribution in [0.15, 0.2) is 0 Å². The van der Waals surface area contributed by atoms with Crippen molar-refractivity contribution < 1.29 is 49.6 Å². The Morgan fingerprint density at radius 3 is 2.12 bits per heavy atom. The summed E-state index contributed by atoms with van der Waals surface area (Å²) >= 11 is 4.05. The van der Waals surface area contributed by atoms with Crippen LogP contribution in [-0.4, -0.2) is 118 Å². The van der Waals surface area contributed by atoms with Gasteiger partial charge < -0.3 is 49.6 Å². The van der Waals surface area contributed by atoms with Crippen molar-refractivity contribution in [2.45, 2.75) is 61.3 Å². The highest BCUT2D eigenvalue weighted by molar-refractivity contribution is 7.80. The van der Waals surface area contributed by atoms with E-state index in [0.29, 0.717) is 0 Å². The summed E-state index contributed by atoms with van der Waals surface area (Å²) in [6, 6.07) is -1.05. The third-order valence-corrected chi connectivity index (χ3v) is 4.91. The van der Waals surface area contributed by atoms with Crippen molar-refractivity contribution in [2.24, 2.45) is 0 Å². The Morgan fingerprint density at radius 2 is 1.58 bits per heavy atom. The summed E-state index contributed by atoms with van der Waals surface area (Å²) in [6.07, 6.45) is -11.1. The summed E-state index contributed by atoms with van der Waals surface area (Å²) in [6.45, 7) is -1.08. The van der Waals surface area contributed by atoms with E-state index in [-0.39, 0.29) is 5.75 Å². The summed E-state index contributed by atoms with van der Waals surface area (Å²) in [7, 11) is 1.28. The SMILES string of the molecule is COC1OC(CO)C(O)C(OC2OC(CS)C(O)C(O)C2NCO)C1O. The summed E-state index contributed by atoms with van der Waals surface area (Å²) in [5.74, 6) is 0.0722. The zero-order chi connectivity index (χ0) is 19.4. The largest absolute Gasteiger partial charge is 0.394 e. The molecule has 0 spiro atoms. The van der Waals surface area contributed by atoms with E-state index >= 15 is 0 Å². The number of methoxy groups -OCH3 is 1. The maximum Gasteiger partial charge on any atom is 0.186 e. The van der Waals surface area contributed by atoms with Gasteiger partial charge in [0.1, 0.15) is 36.6 Å². The van der Waals surface area contributed by atoms with Crippen LogP contribution in [0.5, 0.6) is 0 Å². The van der Waals surface area contributed by atoms with E-state index in [4.69, 9.17) is 24.1 Å². The molecule has 0 radical (unpaired) electrons. The van der Waals surface area contributed by atoms with Gasteiger partial charge in [0.25, 0.3) is 0 Å². The molecule has 0 aromatic heterocycles. The zero-order valence-electron chi connectivity index (χ0n) is 14.2. The van der Waals surface area contributed by atoms with Gasteiger partial charge in [-0.25, -0.2) is 0 Å². The predicted molar refractivity (Wildman–Crippen MR) is 88.2 cm³/mol. The van der Waals surface area contributed by atoms with Crippen LogP contribution in [0.2, 0.25) is 0 Å². The Balaban J connectivity index is 2.20. The third kappa shape index (κ3) is 4.48. The zero-order valence-corrected chi connectivity index (χ0v) is 15.1. The number of ether oxygens (including phenoxy) is 4. The Morgan fingerprint density at radius 1 is 0.923 bits per heavy atom. The fourth-order valence-electron chi connectivity index (χ4n) is 3.08. The highest BCUT2D eigenvalue weighted by atomic mass is 32.1. The van der Waals surface area contributed by atoms with E-state index in [2.05, 4.69) is 17.9 Å². The molecule has 0 amide bonds. The van der Waals surface area contributed by atoms with Crippen LogP contribution in [-0.2, 0) is 18.9 Å². The summed E-state index contributed by atoms with van der Waals surface area (Å²) in [5, 5.41) is 62.0. The van der Waals surface area contributed by atoms with Gasteiger partial charge >= 0.3 is 0 Å². The molecule has 154 valence electrons. The Kier molecular flexibility index (Phi) is 8.46. The Hall–Kier alpha value is -0.0900. The van der Waals surface area contributed by atoms with Gasteiger partial charge in [-0.1, -0.05) is 0 Å². The highest BCUT2D eigenvalue weighted by Crippen LogP contribution is 2.29. The number of nitrogens with one attached hydrogen (secondary N) is 1. The second-order valence-electron chi connectivity index (χ2n) is 6.14. The number of thiol groups is 1. The molecule has 7 N–H and O–H groups in total. The lowest BCUT2D eigenvalue weighted by molar-refractivity contribution is -0.342. The van der Waals surface area contributed by atoms with Gasteiger partial charge in [-0.2, -0.15) is 12.6 Å². The molecule has 0 aromatic rings. The monoisotopic (exact) mass is 401 g/mol. The van der Waals surface area contributed by atoms with Crippen molar-refractivity contribution >= 4 is 12.6 Å². The first-order chi connectivity index (χ1) is 12.4. The van der Waals surface area contributed by atoms with E-state index in [1.165, 1.54) is 7.11 Å². The molecule has 2 rings (SSSR count). The standard InChI is InChI=1S/C14H27NO10S/c1-22-14-11(21)12(9(19)5(2-16)23-14)25-13-7(15-4-17)10(20)8(18)6(3-26)24-13/h5-21,26H,2-4H2,1H3. The van der Waals surface area contributed by atoms with Crippen molar-refractivity contribution in [1.82, 2.24) is 5.32 Å². The molecule has 26 heavy (non-hydrogen) atoms. The minimum absolute atomic E-state index is 0.0722. The molecule has 0 saturated carbocycles. The van der Waals surface area contributed by atoms with E-state index in [9.17, 15) is 25.5 Å². The van der Waals surface area contributed by atoms with Gasteiger partial charge in [-0.3, -0.25) is 5.32 Å².